The zero-order chi connectivity index (χ0) is 19.6. The van der Waals surface area contributed by atoms with E-state index in [0.29, 0.717) is 30.0 Å². The van der Waals surface area contributed by atoms with Gasteiger partial charge in [-0.3, -0.25) is 19.7 Å². The molecule has 8 heteroatoms. The zero-order valence-corrected chi connectivity index (χ0v) is 14.7. The summed E-state index contributed by atoms with van der Waals surface area (Å²) in [7, 11) is 1.55. The van der Waals surface area contributed by atoms with Crippen molar-refractivity contribution in [3.63, 3.8) is 0 Å². The molecule has 0 aliphatic carbocycles. The van der Waals surface area contributed by atoms with Gasteiger partial charge in [-0.25, -0.2) is 0 Å². The molecule has 0 aliphatic heterocycles. The van der Waals surface area contributed by atoms with E-state index in [1.807, 2.05) is 0 Å². The van der Waals surface area contributed by atoms with E-state index in [1.165, 1.54) is 24.3 Å². The van der Waals surface area contributed by atoms with Crippen LogP contribution in [0.5, 0.6) is 0 Å². The number of hydrogen-bond donors (Lipinski definition) is 2. The smallest absolute Gasteiger partial charge is 0.270 e. The van der Waals surface area contributed by atoms with Crippen LogP contribution in [-0.2, 0) is 9.53 Å². The highest BCUT2D eigenvalue weighted by molar-refractivity contribution is 6.02. The Morgan fingerprint density at radius 1 is 1.19 bits per heavy atom. The number of methoxy groups -OCH3 is 1. The summed E-state index contributed by atoms with van der Waals surface area (Å²) in [6.07, 6.45) is 2.77. The summed E-state index contributed by atoms with van der Waals surface area (Å²) in [6, 6.07) is 12.4. The zero-order valence-electron chi connectivity index (χ0n) is 14.7. The van der Waals surface area contributed by atoms with E-state index in [0.717, 1.165) is 0 Å². The van der Waals surface area contributed by atoms with E-state index < -0.39 is 4.92 Å². The van der Waals surface area contributed by atoms with Crippen LogP contribution in [0.25, 0.3) is 6.08 Å². The summed E-state index contributed by atoms with van der Waals surface area (Å²) in [4.78, 5) is 34.1. The second kappa shape index (κ2) is 9.83. The maximum absolute atomic E-state index is 12.0. The first-order valence-electron chi connectivity index (χ1n) is 8.10. The quantitative estimate of drug-likeness (QED) is 0.322. The Morgan fingerprint density at radius 3 is 2.59 bits per heavy atom. The number of carbonyl (C=O) groups excluding carboxylic acids is 2. The molecule has 0 heterocycles. The lowest BCUT2D eigenvalue weighted by atomic mass is 10.2. The summed E-state index contributed by atoms with van der Waals surface area (Å²) in [5.41, 5.74) is 1.49. The van der Waals surface area contributed by atoms with E-state index in [2.05, 4.69) is 10.6 Å². The minimum Gasteiger partial charge on any atom is -0.383 e. The maximum atomic E-state index is 12.0. The number of carbonyl (C=O) groups is 2. The number of nitrogens with one attached hydrogen (secondary N) is 2. The molecule has 2 aromatic rings. The predicted octanol–water partition coefficient (Wildman–Crippen LogP) is 2.62. The lowest BCUT2D eigenvalue weighted by Crippen LogP contribution is -2.26. The molecular weight excluding hydrogens is 350 g/mol. The first kappa shape index (κ1) is 19.8. The number of non-ortho nitro benzene ring substituents is 1. The number of hydrogen-bond acceptors (Lipinski definition) is 5. The fraction of sp³-hybridized carbons (Fsp3) is 0.158. The lowest BCUT2D eigenvalue weighted by Gasteiger charge is -2.06. The van der Waals surface area contributed by atoms with Gasteiger partial charge in [0.25, 0.3) is 11.6 Å². The van der Waals surface area contributed by atoms with Gasteiger partial charge in [0.2, 0.25) is 5.91 Å². The van der Waals surface area contributed by atoms with Crippen molar-refractivity contribution in [2.75, 3.05) is 25.6 Å². The van der Waals surface area contributed by atoms with Gasteiger partial charge in [0, 0.05) is 43.1 Å². The van der Waals surface area contributed by atoms with Gasteiger partial charge in [0.1, 0.15) is 0 Å². The Bertz CT molecular complexity index is 847. The molecule has 0 fully saturated rings. The van der Waals surface area contributed by atoms with Crippen LogP contribution in [0.3, 0.4) is 0 Å². The van der Waals surface area contributed by atoms with Crippen molar-refractivity contribution in [3.8, 4) is 0 Å². The molecule has 2 rings (SSSR count). The number of ether oxygens (including phenoxy) is 1. The van der Waals surface area contributed by atoms with Crippen molar-refractivity contribution in [2.24, 2.45) is 0 Å². The maximum Gasteiger partial charge on any atom is 0.270 e. The number of anilines is 1. The minimum absolute atomic E-state index is 0.0445. The highest BCUT2D eigenvalue weighted by atomic mass is 16.6. The third-order valence-electron chi connectivity index (χ3n) is 3.51. The largest absolute Gasteiger partial charge is 0.383 e. The molecule has 0 spiro atoms. The Kier molecular flexibility index (Phi) is 7.21. The molecule has 2 N–H and O–H groups in total. The summed E-state index contributed by atoms with van der Waals surface area (Å²) >= 11 is 0. The highest BCUT2D eigenvalue weighted by Gasteiger charge is 2.06. The molecule has 0 saturated heterocycles. The Balaban J connectivity index is 1.93. The fourth-order valence-electron chi connectivity index (χ4n) is 2.17. The fourth-order valence-corrected chi connectivity index (χ4v) is 2.17. The van der Waals surface area contributed by atoms with Crippen LogP contribution in [0, 0.1) is 10.1 Å². The number of benzene rings is 2. The van der Waals surface area contributed by atoms with Crippen LogP contribution in [-0.4, -0.2) is 37.0 Å². The molecule has 0 bridgehead atoms. The van der Waals surface area contributed by atoms with Crippen molar-refractivity contribution in [1.82, 2.24) is 5.32 Å². The number of nitro benzene ring substituents is 1. The molecule has 0 saturated carbocycles. The first-order valence-corrected chi connectivity index (χ1v) is 8.10. The van der Waals surface area contributed by atoms with Crippen LogP contribution < -0.4 is 10.6 Å². The molecule has 0 atom stereocenters. The summed E-state index contributed by atoms with van der Waals surface area (Å²) < 4.78 is 4.86. The minimum atomic E-state index is -0.496. The van der Waals surface area contributed by atoms with Gasteiger partial charge in [0.05, 0.1) is 11.5 Å². The molecule has 0 aliphatic rings. The first-order chi connectivity index (χ1) is 13.0. The van der Waals surface area contributed by atoms with Gasteiger partial charge in [0.15, 0.2) is 0 Å². The predicted molar refractivity (Wildman–Crippen MR) is 101 cm³/mol. The van der Waals surface area contributed by atoms with E-state index in [9.17, 15) is 19.7 Å². The summed E-state index contributed by atoms with van der Waals surface area (Å²) in [5.74, 6) is -0.616. The van der Waals surface area contributed by atoms with Crippen LogP contribution >= 0.6 is 0 Å². The van der Waals surface area contributed by atoms with Gasteiger partial charge in [-0.1, -0.05) is 12.1 Å². The van der Waals surface area contributed by atoms with E-state index in [4.69, 9.17) is 4.74 Å². The van der Waals surface area contributed by atoms with Gasteiger partial charge in [-0.05, 0) is 35.9 Å². The SMILES string of the molecule is COCCNC(=O)c1ccc(NC(=O)/C=C/c2cccc([N+](=O)[O-])c2)cc1. The average molecular weight is 369 g/mol. The number of amides is 2. The lowest BCUT2D eigenvalue weighted by molar-refractivity contribution is -0.384. The standard InChI is InChI=1S/C19H19N3O5/c1-27-12-11-20-19(24)15-6-8-16(9-7-15)21-18(23)10-5-14-3-2-4-17(13-14)22(25)26/h2-10,13H,11-12H2,1H3,(H,20,24)(H,21,23)/b10-5+. The molecule has 0 radical (unpaired) electrons. The third-order valence-corrected chi connectivity index (χ3v) is 3.51. The summed E-state index contributed by atoms with van der Waals surface area (Å²) in [5, 5.41) is 16.1. The third kappa shape index (κ3) is 6.37. The Hall–Kier alpha value is -3.52. The van der Waals surface area contributed by atoms with E-state index >= 15 is 0 Å². The average Bonchev–Trinajstić information content (AvgIpc) is 2.67. The summed E-state index contributed by atoms with van der Waals surface area (Å²) in [6.45, 7) is 0.840. The second-order valence-corrected chi connectivity index (χ2v) is 5.50. The molecular formula is C19H19N3O5. The molecule has 2 amide bonds. The van der Waals surface area contributed by atoms with E-state index in [-0.39, 0.29) is 17.5 Å². The monoisotopic (exact) mass is 369 g/mol. The molecule has 2 aromatic carbocycles. The second-order valence-electron chi connectivity index (χ2n) is 5.50. The van der Waals surface area contributed by atoms with E-state index in [1.54, 1.807) is 43.5 Å². The highest BCUT2D eigenvalue weighted by Crippen LogP contribution is 2.14. The van der Waals surface area contributed by atoms with Crippen LogP contribution in [0.15, 0.2) is 54.6 Å². The molecule has 140 valence electrons. The topological polar surface area (TPSA) is 111 Å². The molecule has 0 aromatic heterocycles. The van der Waals surface area contributed by atoms with Crippen LogP contribution in [0.4, 0.5) is 11.4 Å². The van der Waals surface area contributed by atoms with Gasteiger partial charge < -0.3 is 15.4 Å². The van der Waals surface area contributed by atoms with Crippen LogP contribution in [0.2, 0.25) is 0 Å². The van der Waals surface area contributed by atoms with Crippen molar-refractivity contribution < 1.29 is 19.2 Å². The van der Waals surface area contributed by atoms with Gasteiger partial charge in [-0.2, -0.15) is 0 Å². The normalized spacial score (nSPS) is 10.6. The van der Waals surface area contributed by atoms with Crippen molar-refractivity contribution in [2.45, 2.75) is 0 Å². The van der Waals surface area contributed by atoms with Crippen molar-refractivity contribution >= 4 is 29.3 Å². The Labute approximate surface area is 156 Å². The molecule has 0 unspecified atom stereocenters. The van der Waals surface area contributed by atoms with Crippen LogP contribution in [0.1, 0.15) is 15.9 Å². The number of nitrogens with zero attached hydrogens (tertiary/aromatic N) is 1. The molecule has 8 nitrogen and oxygen atoms in total. The number of nitro groups is 1. The number of rotatable bonds is 8. The van der Waals surface area contributed by atoms with Crippen molar-refractivity contribution in [1.29, 1.82) is 0 Å². The van der Waals surface area contributed by atoms with Gasteiger partial charge in [-0.15, -0.1) is 0 Å². The van der Waals surface area contributed by atoms with Crippen molar-refractivity contribution in [3.05, 3.63) is 75.8 Å². The molecule has 27 heavy (non-hydrogen) atoms. The van der Waals surface area contributed by atoms with Gasteiger partial charge >= 0.3 is 0 Å². The Morgan fingerprint density at radius 2 is 1.93 bits per heavy atom.